The minimum absolute atomic E-state index is 0.00759. The van der Waals surface area contributed by atoms with Crippen molar-refractivity contribution in [3.8, 4) is 11.5 Å². The first kappa shape index (κ1) is 12.0. The topological polar surface area (TPSA) is 47.6 Å². The maximum absolute atomic E-state index is 12.0. The average molecular weight is 279 g/mol. The maximum Gasteiger partial charge on any atom is 0.235 e. The number of hydrogen-bond donors (Lipinski definition) is 1. The second kappa shape index (κ2) is 4.66. The summed E-state index contributed by atoms with van der Waals surface area (Å²) in [6.45, 7) is 0.265. The number of carbonyl (C=O) groups is 1. The molecule has 4 heteroatoms. The van der Waals surface area contributed by atoms with Gasteiger partial charge in [0.15, 0.2) is 11.5 Å². The van der Waals surface area contributed by atoms with Crippen molar-refractivity contribution in [2.45, 2.75) is 5.92 Å². The molecule has 2 aliphatic rings. The zero-order chi connectivity index (χ0) is 14.2. The highest BCUT2D eigenvalue weighted by atomic mass is 16.7. The molecule has 2 heterocycles. The Morgan fingerprint density at radius 3 is 2.90 bits per heavy atom. The first-order chi connectivity index (χ1) is 10.3. The van der Waals surface area contributed by atoms with E-state index in [1.807, 2.05) is 54.6 Å². The molecule has 0 radical (unpaired) electrons. The van der Waals surface area contributed by atoms with E-state index in [1.165, 1.54) is 0 Å². The number of para-hydroxylation sites is 1. The Morgan fingerprint density at radius 2 is 1.95 bits per heavy atom. The molecule has 1 N–H and O–H groups in total. The van der Waals surface area contributed by atoms with E-state index in [0.29, 0.717) is 0 Å². The van der Waals surface area contributed by atoms with Crippen LogP contribution < -0.4 is 14.8 Å². The Hall–Kier alpha value is -2.75. The molecule has 0 saturated heterocycles. The van der Waals surface area contributed by atoms with Gasteiger partial charge in [0.1, 0.15) is 0 Å². The molecule has 1 amide bonds. The minimum Gasteiger partial charge on any atom is -0.454 e. The molecular weight excluding hydrogens is 266 g/mol. The molecule has 0 aromatic heterocycles. The first-order valence-electron chi connectivity index (χ1n) is 6.79. The Morgan fingerprint density at radius 1 is 1.10 bits per heavy atom. The van der Waals surface area contributed by atoms with Crippen molar-refractivity contribution in [1.29, 1.82) is 0 Å². The summed E-state index contributed by atoms with van der Waals surface area (Å²) in [6, 6.07) is 13.5. The van der Waals surface area contributed by atoms with Crippen LogP contribution in [0.4, 0.5) is 5.69 Å². The van der Waals surface area contributed by atoms with E-state index in [1.54, 1.807) is 0 Å². The largest absolute Gasteiger partial charge is 0.454 e. The predicted molar refractivity (Wildman–Crippen MR) is 79.4 cm³/mol. The molecule has 104 valence electrons. The second-order valence-corrected chi connectivity index (χ2v) is 5.03. The SMILES string of the molecule is O=C1Nc2ccccc2C1/C=C/c1ccc2c(c1)OCO2. The molecule has 4 nitrogen and oxygen atoms in total. The number of nitrogens with one attached hydrogen (secondary N) is 1. The summed E-state index contributed by atoms with van der Waals surface area (Å²) in [5, 5.41) is 2.89. The van der Waals surface area contributed by atoms with Gasteiger partial charge in [-0.15, -0.1) is 0 Å². The molecule has 0 saturated carbocycles. The zero-order valence-corrected chi connectivity index (χ0v) is 11.2. The van der Waals surface area contributed by atoms with Crippen molar-refractivity contribution in [3.05, 3.63) is 59.7 Å². The lowest BCUT2D eigenvalue weighted by atomic mass is 9.99. The fourth-order valence-electron chi connectivity index (χ4n) is 2.65. The third-order valence-electron chi connectivity index (χ3n) is 3.71. The molecule has 0 aliphatic carbocycles. The van der Waals surface area contributed by atoms with Gasteiger partial charge < -0.3 is 14.8 Å². The molecule has 0 fully saturated rings. The van der Waals surface area contributed by atoms with E-state index in [4.69, 9.17) is 9.47 Å². The van der Waals surface area contributed by atoms with Gasteiger partial charge in [-0.3, -0.25) is 4.79 Å². The van der Waals surface area contributed by atoms with Gasteiger partial charge in [-0.1, -0.05) is 36.4 Å². The van der Waals surface area contributed by atoms with Gasteiger partial charge in [-0.2, -0.15) is 0 Å². The van der Waals surface area contributed by atoms with Gasteiger partial charge in [0.05, 0.1) is 5.92 Å². The number of fused-ring (bicyclic) bond motifs is 2. The molecule has 21 heavy (non-hydrogen) atoms. The average Bonchev–Trinajstić information content (AvgIpc) is 3.08. The van der Waals surface area contributed by atoms with Crippen molar-refractivity contribution in [1.82, 2.24) is 0 Å². The number of anilines is 1. The Labute approximate surface area is 122 Å². The van der Waals surface area contributed by atoms with Crippen LogP contribution in [0.3, 0.4) is 0 Å². The van der Waals surface area contributed by atoms with Crippen molar-refractivity contribution < 1.29 is 14.3 Å². The van der Waals surface area contributed by atoms with Crippen LogP contribution in [-0.4, -0.2) is 12.7 Å². The van der Waals surface area contributed by atoms with Crippen LogP contribution in [0.25, 0.3) is 6.08 Å². The number of benzene rings is 2. The highest BCUT2D eigenvalue weighted by Crippen LogP contribution is 2.35. The lowest BCUT2D eigenvalue weighted by Gasteiger charge is -2.02. The summed E-state index contributed by atoms with van der Waals surface area (Å²) >= 11 is 0. The predicted octanol–water partition coefficient (Wildman–Crippen LogP) is 3.16. The van der Waals surface area contributed by atoms with Crippen molar-refractivity contribution in [2.24, 2.45) is 0 Å². The standard InChI is InChI=1S/C17H13NO3/c19-17-13(12-3-1-2-4-14(12)18-17)7-5-11-6-8-15-16(9-11)21-10-20-15/h1-9,13H,10H2,(H,18,19)/b7-5+. The van der Waals surface area contributed by atoms with Gasteiger partial charge in [0.25, 0.3) is 0 Å². The van der Waals surface area contributed by atoms with Crippen LogP contribution in [0.15, 0.2) is 48.5 Å². The Balaban J connectivity index is 1.62. The van der Waals surface area contributed by atoms with E-state index in [-0.39, 0.29) is 18.6 Å². The molecule has 2 aromatic rings. The highest BCUT2D eigenvalue weighted by molar-refractivity contribution is 6.04. The molecule has 0 spiro atoms. The maximum atomic E-state index is 12.0. The molecule has 2 aromatic carbocycles. The first-order valence-corrected chi connectivity index (χ1v) is 6.79. The van der Waals surface area contributed by atoms with Gasteiger partial charge in [0.2, 0.25) is 12.7 Å². The number of carbonyl (C=O) groups excluding carboxylic acids is 1. The van der Waals surface area contributed by atoms with Gasteiger partial charge >= 0.3 is 0 Å². The van der Waals surface area contributed by atoms with E-state index in [0.717, 1.165) is 28.3 Å². The molecule has 0 bridgehead atoms. The van der Waals surface area contributed by atoms with E-state index in [9.17, 15) is 4.79 Å². The van der Waals surface area contributed by atoms with Crippen molar-refractivity contribution in [2.75, 3.05) is 12.1 Å². The quantitative estimate of drug-likeness (QED) is 0.918. The third-order valence-corrected chi connectivity index (χ3v) is 3.71. The normalized spacial score (nSPS) is 18.9. The number of ether oxygens (including phenoxy) is 2. The molecule has 1 atom stereocenters. The summed E-state index contributed by atoms with van der Waals surface area (Å²) in [7, 11) is 0. The number of amides is 1. The minimum atomic E-state index is -0.244. The highest BCUT2D eigenvalue weighted by Gasteiger charge is 2.27. The van der Waals surface area contributed by atoms with Crippen LogP contribution in [0.1, 0.15) is 17.0 Å². The lowest BCUT2D eigenvalue weighted by Crippen LogP contribution is -2.09. The van der Waals surface area contributed by atoms with Gasteiger partial charge in [-0.25, -0.2) is 0 Å². The van der Waals surface area contributed by atoms with E-state index < -0.39 is 0 Å². The van der Waals surface area contributed by atoms with Crippen LogP contribution in [-0.2, 0) is 4.79 Å². The number of hydrogen-bond acceptors (Lipinski definition) is 3. The molecule has 1 unspecified atom stereocenters. The second-order valence-electron chi connectivity index (χ2n) is 5.03. The summed E-state index contributed by atoms with van der Waals surface area (Å²) in [4.78, 5) is 12.0. The van der Waals surface area contributed by atoms with Crippen LogP contribution in [0.5, 0.6) is 11.5 Å². The molecule has 4 rings (SSSR count). The van der Waals surface area contributed by atoms with E-state index >= 15 is 0 Å². The van der Waals surface area contributed by atoms with Crippen LogP contribution in [0.2, 0.25) is 0 Å². The lowest BCUT2D eigenvalue weighted by molar-refractivity contribution is -0.116. The number of rotatable bonds is 2. The van der Waals surface area contributed by atoms with Crippen LogP contribution >= 0.6 is 0 Å². The van der Waals surface area contributed by atoms with Crippen molar-refractivity contribution in [3.63, 3.8) is 0 Å². The third kappa shape index (κ3) is 2.05. The van der Waals surface area contributed by atoms with Crippen molar-refractivity contribution >= 4 is 17.7 Å². The van der Waals surface area contributed by atoms with Gasteiger partial charge in [-0.05, 0) is 29.3 Å². The molecular formula is C17H13NO3. The zero-order valence-electron chi connectivity index (χ0n) is 11.2. The van der Waals surface area contributed by atoms with Gasteiger partial charge in [0, 0.05) is 5.69 Å². The molecule has 2 aliphatic heterocycles. The fraction of sp³-hybridized carbons (Fsp3) is 0.118. The summed E-state index contributed by atoms with van der Waals surface area (Å²) in [5.41, 5.74) is 2.89. The fourth-order valence-corrected chi connectivity index (χ4v) is 2.65. The Bertz CT molecular complexity index is 751. The monoisotopic (exact) mass is 279 g/mol. The summed E-state index contributed by atoms with van der Waals surface area (Å²) < 4.78 is 10.6. The smallest absolute Gasteiger partial charge is 0.235 e. The summed E-state index contributed by atoms with van der Waals surface area (Å²) in [5.74, 6) is 1.27. The van der Waals surface area contributed by atoms with E-state index in [2.05, 4.69) is 5.32 Å². The summed E-state index contributed by atoms with van der Waals surface area (Å²) in [6.07, 6.45) is 3.85. The van der Waals surface area contributed by atoms with Crippen LogP contribution in [0, 0.1) is 0 Å². The Kier molecular flexibility index (Phi) is 2.67.